The Morgan fingerprint density at radius 1 is 0.960 bits per heavy atom. The van der Waals surface area contributed by atoms with Gasteiger partial charge in [-0.3, -0.25) is 19.8 Å². The number of aromatic nitrogens is 4. The van der Waals surface area contributed by atoms with Crippen LogP contribution in [0.3, 0.4) is 0 Å². The zero-order valence-corrected chi connectivity index (χ0v) is 16.2. The molecule has 0 bridgehead atoms. The molecule has 0 fully saturated rings. The summed E-state index contributed by atoms with van der Waals surface area (Å²) < 4.78 is 6.30. The number of aryl methyl sites for hydroxylation is 2. The van der Waals surface area contributed by atoms with E-state index in [-0.39, 0.29) is 23.5 Å². The van der Waals surface area contributed by atoms with Gasteiger partial charge in [-0.15, -0.1) is 12.4 Å². The van der Waals surface area contributed by atoms with Crippen LogP contribution in [0.4, 0.5) is 0 Å². The average molecular weight is 430 g/mol. The molecule has 0 aliphatic carbocycles. The molecule has 134 valence electrons. The van der Waals surface area contributed by atoms with Crippen molar-refractivity contribution in [2.75, 3.05) is 7.11 Å². The number of rotatable bonds is 4. The van der Waals surface area contributed by atoms with Crippen molar-refractivity contribution in [3.8, 4) is 5.75 Å². The number of halogens is 2. The first-order valence-electron chi connectivity index (χ1n) is 7.31. The van der Waals surface area contributed by atoms with Crippen molar-refractivity contribution in [2.45, 2.75) is 19.8 Å². The van der Waals surface area contributed by atoms with Gasteiger partial charge in [-0.05, 0) is 32.0 Å². The number of hydrogen-bond acceptors (Lipinski definition) is 3. The Kier molecular flexibility index (Phi) is 5.64. The van der Waals surface area contributed by atoms with Crippen molar-refractivity contribution in [1.82, 2.24) is 20.4 Å². The van der Waals surface area contributed by atoms with Gasteiger partial charge in [0.1, 0.15) is 5.75 Å². The molecule has 0 atom stereocenters. The van der Waals surface area contributed by atoms with E-state index < -0.39 is 5.92 Å². The molecular weight excluding hydrogens is 412 g/mol. The van der Waals surface area contributed by atoms with Crippen molar-refractivity contribution in [2.24, 2.45) is 0 Å². The van der Waals surface area contributed by atoms with Gasteiger partial charge in [0.05, 0.1) is 24.2 Å². The van der Waals surface area contributed by atoms with Crippen LogP contribution in [0.5, 0.6) is 5.75 Å². The first-order chi connectivity index (χ1) is 11.4. The molecule has 0 radical (unpaired) electrons. The van der Waals surface area contributed by atoms with Crippen LogP contribution in [0.15, 0.2) is 32.3 Å². The van der Waals surface area contributed by atoms with E-state index in [4.69, 9.17) is 4.74 Å². The molecule has 7 nitrogen and oxygen atoms in total. The van der Waals surface area contributed by atoms with Crippen molar-refractivity contribution in [1.29, 1.82) is 0 Å². The highest BCUT2D eigenvalue weighted by atomic mass is 79.9. The SMILES string of the molecule is COc1ccc(Br)cc1C(c1c(C)[nH][nH]c1=O)c1c(C)[nH][nH]c1=O.Cl. The maximum absolute atomic E-state index is 12.4. The molecule has 0 saturated carbocycles. The van der Waals surface area contributed by atoms with Crippen molar-refractivity contribution >= 4 is 28.3 Å². The van der Waals surface area contributed by atoms with Gasteiger partial charge in [0, 0.05) is 21.4 Å². The lowest BCUT2D eigenvalue weighted by Crippen LogP contribution is -2.20. The van der Waals surface area contributed by atoms with Gasteiger partial charge >= 0.3 is 0 Å². The molecule has 3 rings (SSSR count). The molecule has 0 spiro atoms. The van der Waals surface area contributed by atoms with Gasteiger partial charge in [-0.25, -0.2) is 0 Å². The van der Waals surface area contributed by atoms with Gasteiger partial charge in [0.15, 0.2) is 0 Å². The van der Waals surface area contributed by atoms with Gasteiger partial charge in [0.2, 0.25) is 0 Å². The molecule has 1 aromatic carbocycles. The molecule has 3 aromatic rings. The first-order valence-corrected chi connectivity index (χ1v) is 8.11. The fourth-order valence-electron chi connectivity index (χ4n) is 2.99. The highest BCUT2D eigenvalue weighted by molar-refractivity contribution is 9.10. The minimum atomic E-state index is -0.567. The topological polar surface area (TPSA) is 107 Å². The quantitative estimate of drug-likeness (QED) is 0.512. The van der Waals surface area contributed by atoms with Crippen molar-refractivity contribution in [3.05, 3.63) is 71.5 Å². The predicted octanol–water partition coefficient (Wildman–Crippen LogP) is 2.71. The second kappa shape index (κ2) is 7.37. The molecule has 0 unspecified atom stereocenters. The largest absolute Gasteiger partial charge is 0.496 e. The highest BCUT2D eigenvalue weighted by Gasteiger charge is 2.30. The molecule has 4 N–H and O–H groups in total. The Labute approximate surface area is 157 Å². The Balaban J connectivity index is 0.00000225. The van der Waals surface area contributed by atoms with Gasteiger partial charge < -0.3 is 14.9 Å². The fourth-order valence-corrected chi connectivity index (χ4v) is 3.37. The summed E-state index contributed by atoms with van der Waals surface area (Å²) in [7, 11) is 1.56. The molecule has 0 amide bonds. The first kappa shape index (κ1) is 19.1. The molecule has 9 heteroatoms. The maximum atomic E-state index is 12.4. The fraction of sp³-hybridized carbons (Fsp3) is 0.250. The summed E-state index contributed by atoms with van der Waals surface area (Å²) >= 11 is 3.45. The smallest absolute Gasteiger partial charge is 0.268 e. The van der Waals surface area contributed by atoms with Gasteiger partial charge in [-0.1, -0.05) is 15.9 Å². The Morgan fingerprint density at radius 3 is 1.88 bits per heavy atom. The lowest BCUT2D eigenvalue weighted by Gasteiger charge is -2.19. The van der Waals surface area contributed by atoms with E-state index in [0.29, 0.717) is 28.3 Å². The number of H-pyrrole nitrogens is 4. The summed E-state index contributed by atoms with van der Waals surface area (Å²) in [6.07, 6.45) is 0. The zero-order valence-electron chi connectivity index (χ0n) is 13.8. The Hall–Kier alpha value is -2.19. The number of aromatic amines is 4. The van der Waals surface area contributed by atoms with E-state index in [9.17, 15) is 9.59 Å². The van der Waals surface area contributed by atoms with E-state index in [1.165, 1.54) is 0 Å². The molecule has 2 aromatic heterocycles. The molecule has 2 heterocycles. The lowest BCUT2D eigenvalue weighted by molar-refractivity contribution is 0.409. The van der Waals surface area contributed by atoms with E-state index in [1.54, 1.807) is 27.0 Å². The van der Waals surface area contributed by atoms with E-state index >= 15 is 0 Å². The standard InChI is InChI=1S/C16H17BrN4O3.ClH/c1-7-12(15(22)20-18-7)14(13-8(2)19-21-16(13)23)10-6-9(17)4-5-11(10)24-3;/h4-6,14H,1-3H3,(H2,18,20,22)(H2,19,21,23);1H. The van der Waals surface area contributed by atoms with Crippen LogP contribution in [-0.2, 0) is 0 Å². The predicted molar refractivity (Wildman–Crippen MR) is 101 cm³/mol. The summed E-state index contributed by atoms with van der Waals surface area (Å²) in [6, 6.07) is 5.52. The van der Waals surface area contributed by atoms with Crippen LogP contribution in [0.25, 0.3) is 0 Å². The maximum Gasteiger partial charge on any atom is 0.268 e. The van der Waals surface area contributed by atoms with Gasteiger partial charge in [0.25, 0.3) is 11.1 Å². The molecule has 0 aliphatic rings. The zero-order chi connectivity index (χ0) is 17.4. The van der Waals surface area contributed by atoms with Crippen LogP contribution >= 0.6 is 28.3 Å². The number of methoxy groups -OCH3 is 1. The number of hydrogen-bond donors (Lipinski definition) is 4. The molecular formula is C16H18BrClN4O3. The Morgan fingerprint density at radius 2 is 1.48 bits per heavy atom. The minimum Gasteiger partial charge on any atom is -0.496 e. The van der Waals surface area contributed by atoms with E-state index in [0.717, 1.165) is 10.0 Å². The number of nitrogens with one attached hydrogen (secondary N) is 4. The summed E-state index contributed by atoms with van der Waals surface area (Å²) in [4.78, 5) is 24.8. The van der Waals surface area contributed by atoms with Crippen LogP contribution in [-0.4, -0.2) is 27.5 Å². The lowest BCUT2D eigenvalue weighted by atomic mass is 9.85. The van der Waals surface area contributed by atoms with Crippen molar-refractivity contribution in [3.63, 3.8) is 0 Å². The number of benzene rings is 1. The Bertz CT molecular complexity index is 947. The third-order valence-corrected chi connectivity index (χ3v) is 4.60. The average Bonchev–Trinajstić information content (AvgIpc) is 3.05. The third kappa shape index (κ3) is 3.32. The monoisotopic (exact) mass is 428 g/mol. The normalized spacial score (nSPS) is 10.8. The van der Waals surface area contributed by atoms with Crippen LogP contribution in [0.1, 0.15) is 34.0 Å². The summed E-state index contributed by atoms with van der Waals surface area (Å²) in [6.45, 7) is 3.59. The second-order valence-electron chi connectivity index (χ2n) is 5.55. The minimum absolute atomic E-state index is 0. The molecule has 25 heavy (non-hydrogen) atoms. The summed E-state index contributed by atoms with van der Waals surface area (Å²) in [5.41, 5.74) is 2.52. The van der Waals surface area contributed by atoms with E-state index in [2.05, 4.69) is 36.3 Å². The summed E-state index contributed by atoms with van der Waals surface area (Å²) in [5.74, 6) is 0.0330. The number of ether oxygens (including phenoxy) is 1. The van der Waals surface area contributed by atoms with Gasteiger partial charge in [-0.2, -0.15) is 0 Å². The second-order valence-corrected chi connectivity index (χ2v) is 6.47. The van der Waals surface area contributed by atoms with Crippen LogP contribution in [0, 0.1) is 13.8 Å². The van der Waals surface area contributed by atoms with Crippen LogP contribution < -0.4 is 15.9 Å². The molecule has 0 saturated heterocycles. The summed E-state index contributed by atoms with van der Waals surface area (Å²) in [5, 5.41) is 10.8. The molecule has 0 aliphatic heterocycles. The van der Waals surface area contributed by atoms with E-state index in [1.807, 2.05) is 12.1 Å². The third-order valence-electron chi connectivity index (χ3n) is 4.10. The van der Waals surface area contributed by atoms with Crippen molar-refractivity contribution < 1.29 is 4.74 Å². The highest BCUT2D eigenvalue weighted by Crippen LogP contribution is 2.37. The van der Waals surface area contributed by atoms with Crippen LogP contribution in [0.2, 0.25) is 0 Å².